The van der Waals surface area contributed by atoms with Crippen molar-refractivity contribution in [3.63, 3.8) is 0 Å². The molecule has 0 radical (unpaired) electrons. The molecule has 1 aromatic rings. The first-order valence-electron chi connectivity index (χ1n) is 7.04. The van der Waals surface area contributed by atoms with Crippen LogP contribution in [0.3, 0.4) is 0 Å². The van der Waals surface area contributed by atoms with Gasteiger partial charge in [0.25, 0.3) is 0 Å². The van der Waals surface area contributed by atoms with Crippen molar-refractivity contribution in [3.05, 3.63) is 16.6 Å². The van der Waals surface area contributed by atoms with Crippen molar-refractivity contribution in [2.75, 3.05) is 26.1 Å². The van der Waals surface area contributed by atoms with E-state index in [4.69, 9.17) is 15.2 Å². The van der Waals surface area contributed by atoms with Crippen LogP contribution in [-0.4, -0.2) is 38.6 Å². The van der Waals surface area contributed by atoms with Gasteiger partial charge in [-0.1, -0.05) is 13.8 Å². The fourth-order valence-corrected chi connectivity index (χ4v) is 2.15. The van der Waals surface area contributed by atoms with Crippen molar-refractivity contribution in [1.29, 1.82) is 0 Å². The topological polar surface area (TPSA) is 103 Å². The van der Waals surface area contributed by atoms with Gasteiger partial charge in [0.2, 0.25) is 11.8 Å². The van der Waals surface area contributed by atoms with Crippen LogP contribution >= 0.6 is 28.3 Å². The third-order valence-electron chi connectivity index (χ3n) is 3.19. The number of carbonyl (C=O) groups excluding carboxylic acids is 2. The van der Waals surface area contributed by atoms with Gasteiger partial charge in [-0.3, -0.25) is 9.59 Å². The molecule has 1 rings (SSSR count). The Bertz CT molecular complexity index is 584. The van der Waals surface area contributed by atoms with Gasteiger partial charge in [-0.2, -0.15) is 0 Å². The van der Waals surface area contributed by atoms with E-state index in [2.05, 4.69) is 26.6 Å². The van der Waals surface area contributed by atoms with Crippen LogP contribution in [0.1, 0.15) is 13.8 Å². The highest BCUT2D eigenvalue weighted by atomic mass is 79.9. The van der Waals surface area contributed by atoms with Gasteiger partial charge in [0.1, 0.15) is 0 Å². The minimum Gasteiger partial charge on any atom is -0.493 e. The van der Waals surface area contributed by atoms with Crippen molar-refractivity contribution in [2.24, 2.45) is 11.7 Å². The maximum atomic E-state index is 12.0. The molecule has 136 valence electrons. The molecule has 0 unspecified atom stereocenters. The molecule has 1 atom stereocenters. The lowest BCUT2D eigenvalue weighted by Crippen LogP contribution is -2.46. The summed E-state index contributed by atoms with van der Waals surface area (Å²) in [5.74, 6) is 0.284. The second-order valence-electron chi connectivity index (χ2n) is 5.22. The number of hydrogen-bond acceptors (Lipinski definition) is 5. The summed E-state index contributed by atoms with van der Waals surface area (Å²) in [6.07, 6.45) is 0. The lowest BCUT2D eigenvalue weighted by molar-refractivity contribution is -0.125. The second-order valence-corrected chi connectivity index (χ2v) is 6.08. The number of rotatable bonds is 7. The first-order chi connectivity index (χ1) is 10.8. The first-order valence-corrected chi connectivity index (χ1v) is 7.84. The smallest absolute Gasteiger partial charge is 0.243 e. The molecule has 7 nitrogen and oxygen atoms in total. The Hall–Kier alpha value is -1.51. The third-order valence-corrected chi connectivity index (χ3v) is 3.85. The molecular weight excluding hydrogens is 402 g/mol. The molecule has 0 aliphatic carbocycles. The molecule has 0 aromatic heterocycles. The molecule has 1 aromatic carbocycles. The molecule has 9 heteroatoms. The highest BCUT2D eigenvalue weighted by Gasteiger charge is 2.18. The molecular formula is C15H23BrClN3O4. The largest absolute Gasteiger partial charge is 0.493 e. The van der Waals surface area contributed by atoms with E-state index in [0.29, 0.717) is 21.7 Å². The number of benzene rings is 1. The standard InChI is InChI=1S/C15H22BrN3O4.ClH/c1-8(2)14(17)15(21)18-7-13(20)19-10-6-12(23-4)11(22-3)5-9(10)16;/h5-6,8,14H,7,17H2,1-4H3,(H,18,21)(H,19,20);1H/t14-;/m0./s1. The number of nitrogens with one attached hydrogen (secondary N) is 2. The van der Waals surface area contributed by atoms with Crippen LogP contribution in [-0.2, 0) is 9.59 Å². The summed E-state index contributed by atoms with van der Waals surface area (Å²) in [6.45, 7) is 3.51. The van der Waals surface area contributed by atoms with Crippen molar-refractivity contribution in [2.45, 2.75) is 19.9 Å². The molecule has 0 aliphatic rings. The van der Waals surface area contributed by atoms with Gasteiger partial charge in [-0.15, -0.1) is 12.4 Å². The zero-order chi connectivity index (χ0) is 17.6. The van der Waals surface area contributed by atoms with E-state index in [1.807, 2.05) is 13.8 Å². The van der Waals surface area contributed by atoms with Crippen molar-refractivity contribution < 1.29 is 19.1 Å². The molecule has 0 heterocycles. The second kappa shape index (κ2) is 10.4. The van der Waals surface area contributed by atoms with E-state index >= 15 is 0 Å². The molecule has 0 bridgehead atoms. The van der Waals surface area contributed by atoms with Gasteiger partial charge in [-0.05, 0) is 21.8 Å². The first kappa shape index (κ1) is 22.5. The van der Waals surface area contributed by atoms with E-state index < -0.39 is 6.04 Å². The number of hydrogen-bond donors (Lipinski definition) is 3. The number of methoxy groups -OCH3 is 2. The molecule has 0 saturated carbocycles. The van der Waals surface area contributed by atoms with Crippen LogP contribution in [0.15, 0.2) is 16.6 Å². The van der Waals surface area contributed by atoms with Gasteiger partial charge in [0, 0.05) is 16.6 Å². The summed E-state index contributed by atoms with van der Waals surface area (Å²) in [5, 5.41) is 5.19. The highest BCUT2D eigenvalue weighted by Crippen LogP contribution is 2.36. The van der Waals surface area contributed by atoms with E-state index in [0.717, 1.165) is 0 Å². The summed E-state index contributed by atoms with van der Waals surface area (Å²) in [6, 6.07) is 2.67. The molecule has 0 spiro atoms. The monoisotopic (exact) mass is 423 g/mol. The summed E-state index contributed by atoms with van der Waals surface area (Å²) >= 11 is 3.34. The Kier molecular flexibility index (Phi) is 9.72. The number of ether oxygens (including phenoxy) is 2. The Morgan fingerprint density at radius 2 is 1.75 bits per heavy atom. The molecule has 2 amide bonds. The Morgan fingerprint density at radius 3 is 2.25 bits per heavy atom. The quantitative estimate of drug-likeness (QED) is 0.620. The minimum absolute atomic E-state index is 0. The lowest BCUT2D eigenvalue weighted by atomic mass is 10.1. The zero-order valence-electron chi connectivity index (χ0n) is 14.0. The minimum atomic E-state index is -0.643. The van der Waals surface area contributed by atoms with Crippen LogP contribution in [0, 0.1) is 5.92 Å². The van der Waals surface area contributed by atoms with Gasteiger partial charge >= 0.3 is 0 Å². The van der Waals surface area contributed by atoms with Crippen molar-refractivity contribution >= 4 is 45.8 Å². The predicted octanol–water partition coefficient (Wildman–Crippen LogP) is 1.93. The maximum Gasteiger partial charge on any atom is 0.243 e. The lowest BCUT2D eigenvalue weighted by Gasteiger charge is -2.16. The SMILES string of the molecule is COc1cc(Br)c(NC(=O)CNC(=O)[C@@H](N)C(C)C)cc1OC.Cl. The van der Waals surface area contributed by atoms with Gasteiger partial charge < -0.3 is 25.8 Å². The number of halogens is 2. The van der Waals surface area contributed by atoms with Crippen LogP contribution in [0.5, 0.6) is 11.5 Å². The van der Waals surface area contributed by atoms with Crippen LogP contribution in [0.25, 0.3) is 0 Å². The van der Waals surface area contributed by atoms with Crippen LogP contribution in [0.2, 0.25) is 0 Å². The summed E-state index contributed by atoms with van der Waals surface area (Å²) < 4.78 is 11.0. The average Bonchev–Trinajstić information content (AvgIpc) is 2.53. The molecule has 0 fully saturated rings. The molecule has 0 saturated heterocycles. The van der Waals surface area contributed by atoms with Crippen molar-refractivity contribution in [1.82, 2.24) is 5.32 Å². The highest BCUT2D eigenvalue weighted by molar-refractivity contribution is 9.10. The van der Waals surface area contributed by atoms with Crippen LogP contribution in [0.4, 0.5) is 5.69 Å². The average molecular weight is 425 g/mol. The fourth-order valence-electron chi connectivity index (χ4n) is 1.73. The number of carbonyl (C=O) groups is 2. The van der Waals surface area contributed by atoms with E-state index in [1.165, 1.54) is 14.2 Å². The van der Waals surface area contributed by atoms with Gasteiger partial charge in [-0.25, -0.2) is 0 Å². The van der Waals surface area contributed by atoms with Crippen LogP contribution < -0.4 is 25.8 Å². The third kappa shape index (κ3) is 6.18. The fraction of sp³-hybridized carbons (Fsp3) is 0.467. The summed E-state index contributed by atoms with van der Waals surface area (Å²) in [7, 11) is 3.03. The van der Waals surface area contributed by atoms with E-state index in [9.17, 15) is 9.59 Å². The zero-order valence-corrected chi connectivity index (χ0v) is 16.4. The number of amides is 2. The van der Waals surface area contributed by atoms with Gasteiger partial charge in [0.05, 0.1) is 32.5 Å². The normalized spacial score (nSPS) is 11.3. The Labute approximate surface area is 156 Å². The summed E-state index contributed by atoms with van der Waals surface area (Å²) in [4.78, 5) is 23.7. The van der Waals surface area contributed by atoms with E-state index in [1.54, 1.807) is 12.1 Å². The number of nitrogens with two attached hydrogens (primary N) is 1. The Morgan fingerprint density at radius 1 is 1.21 bits per heavy atom. The molecule has 0 aliphatic heterocycles. The van der Waals surface area contributed by atoms with Gasteiger partial charge in [0.15, 0.2) is 11.5 Å². The molecule has 24 heavy (non-hydrogen) atoms. The summed E-state index contributed by atoms with van der Waals surface area (Å²) in [5.41, 5.74) is 6.22. The molecule has 4 N–H and O–H groups in total. The van der Waals surface area contributed by atoms with E-state index in [-0.39, 0.29) is 36.7 Å². The number of anilines is 1. The van der Waals surface area contributed by atoms with Crippen molar-refractivity contribution in [3.8, 4) is 11.5 Å². The maximum absolute atomic E-state index is 12.0. The predicted molar refractivity (Wildman–Crippen MR) is 98.9 cm³/mol. The Balaban J connectivity index is 0.00000529.